The number of aromatic nitrogens is 2. The van der Waals surface area contributed by atoms with E-state index >= 15 is 0 Å². The minimum atomic E-state index is -0.718. The highest BCUT2D eigenvalue weighted by atomic mass is 32.1. The summed E-state index contributed by atoms with van der Waals surface area (Å²) in [6.45, 7) is 1.72. The fourth-order valence-corrected chi connectivity index (χ4v) is 4.32. The molecular formula is C19H15FN2O4S. The summed E-state index contributed by atoms with van der Waals surface area (Å²) in [5, 5.41) is 0.415. The van der Waals surface area contributed by atoms with Gasteiger partial charge in [-0.1, -0.05) is 12.1 Å². The maximum atomic E-state index is 13.6. The van der Waals surface area contributed by atoms with E-state index in [0.29, 0.717) is 22.3 Å². The standard InChI is InChI=1S/C19H15FN2O4S/c1-10-15-17(21-14-7-4-8-22(14)18(15)24)27-16(10)19(25)26-9-13(23)11-5-2-3-6-12(11)20/h2-3,5-6H,4,7-9H2,1H3. The molecule has 0 amide bonds. The summed E-state index contributed by atoms with van der Waals surface area (Å²) in [5.41, 5.74) is 0.218. The highest BCUT2D eigenvalue weighted by Gasteiger charge is 2.24. The van der Waals surface area contributed by atoms with E-state index in [0.717, 1.165) is 30.0 Å². The molecule has 8 heteroatoms. The number of nitrogens with zero attached hydrogens (tertiary/aromatic N) is 2. The zero-order valence-electron chi connectivity index (χ0n) is 14.5. The Bertz CT molecular complexity index is 1150. The lowest BCUT2D eigenvalue weighted by Crippen LogP contribution is -2.20. The number of hydrogen-bond donors (Lipinski definition) is 0. The van der Waals surface area contributed by atoms with Gasteiger partial charge < -0.3 is 4.74 Å². The second-order valence-corrected chi connectivity index (χ2v) is 7.30. The zero-order valence-corrected chi connectivity index (χ0v) is 15.3. The van der Waals surface area contributed by atoms with Gasteiger partial charge in [-0.25, -0.2) is 14.2 Å². The van der Waals surface area contributed by atoms with E-state index in [4.69, 9.17) is 4.74 Å². The first-order chi connectivity index (χ1) is 13.0. The molecular weight excluding hydrogens is 371 g/mol. The Labute approximate surface area is 157 Å². The number of carbonyl (C=O) groups excluding carboxylic acids is 2. The van der Waals surface area contributed by atoms with E-state index in [1.807, 2.05) is 0 Å². The van der Waals surface area contributed by atoms with E-state index in [1.165, 1.54) is 24.3 Å². The van der Waals surface area contributed by atoms with Crippen LogP contribution in [0.1, 0.15) is 37.8 Å². The van der Waals surface area contributed by atoms with E-state index in [1.54, 1.807) is 11.5 Å². The predicted molar refractivity (Wildman–Crippen MR) is 98.0 cm³/mol. The van der Waals surface area contributed by atoms with Crippen molar-refractivity contribution in [1.82, 2.24) is 9.55 Å². The largest absolute Gasteiger partial charge is 0.453 e. The number of hydrogen-bond acceptors (Lipinski definition) is 6. The third kappa shape index (κ3) is 2.95. The maximum absolute atomic E-state index is 13.6. The molecule has 4 rings (SSSR count). The van der Waals surface area contributed by atoms with Crippen LogP contribution in [0.4, 0.5) is 4.39 Å². The highest BCUT2D eigenvalue weighted by molar-refractivity contribution is 7.20. The molecule has 3 aromatic rings. The molecule has 1 aromatic carbocycles. The Kier molecular flexibility index (Phi) is 4.35. The number of esters is 1. The van der Waals surface area contributed by atoms with Gasteiger partial charge in [0.1, 0.15) is 21.3 Å². The number of fused-ring (bicyclic) bond motifs is 2. The summed E-state index contributed by atoms with van der Waals surface area (Å²) in [7, 11) is 0. The average molecular weight is 386 g/mol. The first kappa shape index (κ1) is 17.5. The van der Waals surface area contributed by atoms with Crippen molar-refractivity contribution in [2.75, 3.05) is 6.61 Å². The van der Waals surface area contributed by atoms with Crippen LogP contribution in [0.2, 0.25) is 0 Å². The van der Waals surface area contributed by atoms with Crippen molar-refractivity contribution in [3.05, 3.63) is 62.3 Å². The lowest BCUT2D eigenvalue weighted by Gasteiger charge is -2.04. The van der Waals surface area contributed by atoms with Gasteiger partial charge in [0.05, 0.1) is 10.9 Å². The molecule has 0 fully saturated rings. The van der Waals surface area contributed by atoms with Crippen LogP contribution in [0.3, 0.4) is 0 Å². The topological polar surface area (TPSA) is 78.3 Å². The van der Waals surface area contributed by atoms with Crippen molar-refractivity contribution in [2.45, 2.75) is 26.3 Å². The van der Waals surface area contributed by atoms with Gasteiger partial charge in [-0.15, -0.1) is 11.3 Å². The van der Waals surface area contributed by atoms with Gasteiger partial charge in [-0.3, -0.25) is 14.2 Å². The van der Waals surface area contributed by atoms with Crippen LogP contribution in [-0.2, 0) is 17.7 Å². The highest BCUT2D eigenvalue weighted by Crippen LogP contribution is 2.29. The Morgan fingerprint density at radius 2 is 2.11 bits per heavy atom. The number of benzene rings is 1. The molecule has 0 radical (unpaired) electrons. The lowest BCUT2D eigenvalue weighted by atomic mass is 10.1. The predicted octanol–water partition coefficient (Wildman–Crippen LogP) is 2.89. The van der Waals surface area contributed by atoms with Gasteiger partial charge in [0.2, 0.25) is 5.78 Å². The van der Waals surface area contributed by atoms with Gasteiger partial charge in [-0.05, 0) is 31.0 Å². The van der Waals surface area contributed by atoms with Crippen LogP contribution in [-0.4, -0.2) is 27.9 Å². The third-order valence-electron chi connectivity index (χ3n) is 4.61. The second kappa shape index (κ2) is 6.70. The molecule has 0 saturated heterocycles. The Morgan fingerprint density at radius 3 is 2.89 bits per heavy atom. The minimum absolute atomic E-state index is 0.130. The Balaban J connectivity index is 1.59. The first-order valence-electron chi connectivity index (χ1n) is 8.45. The van der Waals surface area contributed by atoms with Crippen molar-refractivity contribution in [2.24, 2.45) is 0 Å². The molecule has 138 valence electrons. The maximum Gasteiger partial charge on any atom is 0.349 e. The zero-order chi connectivity index (χ0) is 19.1. The molecule has 0 spiro atoms. The van der Waals surface area contributed by atoms with Crippen molar-refractivity contribution in [1.29, 1.82) is 0 Å². The molecule has 0 saturated carbocycles. The number of rotatable bonds is 4. The van der Waals surface area contributed by atoms with Crippen molar-refractivity contribution >= 4 is 33.3 Å². The lowest BCUT2D eigenvalue weighted by molar-refractivity contribution is 0.0478. The molecule has 1 aliphatic heterocycles. The molecule has 0 unspecified atom stereocenters. The molecule has 0 bridgehead atoms. The number of ketones is 1. The van der Waals surface area contributed by atoms with Crippen LogP contribution < -0.4 is 5.56 Å². The number of Topliss-reactive ketones (excluding diaryl/α,β-unsaturated/α-hetero) is 1. The van der Waals surface area contributed by atoms with E-state index in [9.17, 15) is 18.8 Å². The summed E-state index contributed by atoms with van der Waals surface area (Å²) < 4.78 is 20.4. The fraction of sp³-hybridized carbons (Fsp3) is 0.263. The fourth-order valence-electron chi connectivity index (χ4n) is 3.23. The average Bonchev–Trinajstić information content (AvgIpc) is 3.25. The third-order valence-corrected chi connectivity index (χ3v) is 5.77. The monoisotopic (exact) mass is 386 g/mol. The smallest absolute Gasteiger partial charge is 0.349 e. The summed E-state index contributed by atoms with van der Waals surface area (Å²) in [6.07, 6.45) is 1.62. The van der Waals surface area contributed by atoms with E-state index in [-0.39, 0.29) is 16.0 Å². The number of aryl methyl sites for hydroxylation is 2. The van der Waals surface area contributed by atoms with Crippen molar-refractivity contribution in [3.8, 4) is 0 Å². The summed E-state index contributed by atoms with van der Waals surface area (Å²) >= 11 is 1.08. The second-order valence-electron chi connectivity index (χ2n) is 6.30. The van der Waals surface area contributed by atoms with Gasteiger partial charge in [0.15, 0.2) is 6.61 Å². The molecule has 6 nitrogen and oxygen atoms in total. The molecule has 3 heterocycles. The van der Waals surface area contributed by atoms with Gasteiger partial charge >= 0.3 is 5.97 Å². The number of thiophene rings is 1. The quantitative estimate of drug-likeness (QED) is 0.509. The van der Waals surface area contributed by atoms with Crippen molar-refractivity contribution < 1.29 is 18.7 Å². The number of carbonyl (C=O) groups is 2. The van der Waals surface area contributed by atoms with Gasteiger partial charge in [-0.2, -0.15) is 0 Å². The van der Waals surface area contributed by atoms with Crippen LogP contribution in [0.5, 0.6) is 0 Å². The molecule has 2 aromatic heterocycles. The van der Waals surface area contributed by atoms with Crippen LogP contribution in [0, 0.1) is 12.7 Å². The Hall–Kier alpha value is -2.87. The minimum Gasteiger partial charge on any atom is -0.453 e. The van der Waals surface area contributed by atoms with Crippen LogP contribution in [0.25, 0.3) is 10.2 Å². The number of halogens is 1. The molecule has 27 heavy (non-hydrogen) atoms. The summed E-state index contributed by atoms with van der Waals surface area (Å²) in [4.78, 5) is 42.4. The van der Waals surface area contributed by atoms with Gasteiger partial charge in [0, 0.05) is 13.0 Å². The normalized spacial score (nSPS) is 13.0. The molecule has 0 atom stereocenters. The SMILES string of the molecule is Cc1c(C(=O)OCC(=O)c2ccccc2F)sc2nc3n(c(=O)c12)CCC3. The molecule has 1 aliphatic rings. The van der Waals surface area contributed by atoms with Gasteiger partial charge in [0.25, 0.3) is 5.56 Å². The molecule has 0 N–H and O–H groups in total. The summed E-state index contributed by atoms with van der Waals surface area (Å²) in [5.74, 6) is -1.28. The van der Waals surface area contributed by atoms with E-state index in [2.05, 4.69) is 4.98 Å². The molecule has 0 aliphatic carbocycles. The number of ether oxygens (including phenoxy) is 1. The van der Waals surface area contributed by atoms with Crippen LogP contribution >= 0.6 is 11.3 Å². The Morgan fingerprint density at radius 1 is 1.33 bits per heavy atom. The van der Waals surface area contributed by atoms with Crippen LogP contribution in [0.15, 0.2) is 29.1 Å². The van der Waals surface area contributed by atoms with Crippen molar-refractivity contribution in [3.63, 3.8) is 0 Å². The van der Waals surface area contributed by atoms with E-state index < -0.39 is 24.2 Å². The first-order valence-corrected chi connectivity index (χ1v) is 9.26. The summed E-state index contributed by atoms with van der Waals surface area (Å²) in [6, 6.07) is 5.51.